The van der Waals surface area contributed by atoms with Crippen molar-refractivity contribution in [1.82, 2.24) is 15.1 Å². The Morgan fingerprint density at radius 1 is 1.42 bits per heavy atom. The molecule has 0 bridgehead atoms. The Kier molecular flexibility index (Phi) is 3.71. The minimum Gasteiger partial charge on any atom is -0.305 e. The fourth-order valence-electron chi connectivity index (χ4n) is 2.90. The molecule has 0 saturated heterocycles. The van der Waals surface area contributed by atoms with Crippen molar-refractivity contribution in [2.75, 3.05) is 6.54 Å². The predicted octanol–water partition coefficient (Wildman–Crippen LogP) is 3.15. The fourth-order valence-corrected chi connectivity index (χ4v) is 4.25. The Balaban J connectivity index is 1.96. The summed E-state index contributed by atoms with van der Waals surface area (Å²) in [5, 5.41) is 8.02. The topological polar surface area (TPSA) is 29.9 Å². The van der Waals surface area contributed by atoms with E-state index in [4.69, 9.17) is 0 Å². The monoisotopic (exact) mass is 275 g/mol. The quantitative estimate of drug-likeness (QED) is 0.908. The van der Waals surface area contributed by atoms with Crippen LogP contribution in [0.2, 0.25) is 0 Å². The molecular formula is C15H21N3S. The molecule has 0 amide bonds. The highest BCUT2D eigenvalue weighted by atomic mass is 32.1. The molecule has 0 aliphatic heterocycles. The van der Waals surface area contributed by atoms with E-state index < -0.39 is 0 Å². The molecule has 1 atom stereocenters. The van der Waals surface area contributed by atoms with Crippen molar-refractivity contribution in [3.8, 4) is 0 Å². The molecule has 19 heavy (non-hydrogen) atoms. The van der Waals surface area contributed by atoms with E-state index in [-0.39, 0.29) is 0 Å². The lowest BCUT2D eigenvalue weighted by molar-refractivity contribution is 0.547. The van der Waals surface area contributed by atoms with E-state index in [9.17, 15) is 0 Å². The third kappa shape index (κ3) is 2.35. The first-order chi connectivity index (χ1) is 9.33. The van der Waals surface area contributed by atoms with Gasteiger partial charge in [-0.2, -0.15) is 5.10 Å². The fraction of sp³-hybridized carbons (Fsp3) is 0.533. The number of fused-ring (bicyclic) bond motifs is 1. The summed E-state index contributed by atoms with van der Waals surface area (Å²) in [5.41, 5.74) is 2.86. The third-order valence-corrected chi connectivity index (χ3v) is 5.11. The largest absolute Gasteiger partial charge is 0.305 e. The van der Waals surface area contributed by atoms with E-state index in [0.29, 0.717) is 6.04 Å². The van der Waals surface area contributed by atoms with Crippen LogP contribution in [-0.4, -0.2) is 16.3 Å². The van der Waals surface area contributed by atoms with Crippen LogP contribution < -0.4 is 5.32 Å². The summed E-state index contributed by atoms with van der Waals surface area (Å²) in [4.78, 5) is 3.04. The van der Waals surface area contributed by atoms with Gasteiger partial charge in [0, 0.05) is 22.5 Å². The number of hydrogen-bond donors (Lipinski definition) is 1. The van der Waals surface area contributed by atoms with Gasteiger partial charge in [0.1, 0.15) is 0 Å². The van der Waals surface area contributed by atoms with E-state index >= 15 is 0 Å². The second-order valence-corrected chi connectivity index (χ2v) is 6.18. The minimum absolute atomic E-state index is 0.294. The van der Waals surface area contributed by atoms with Crippen LogP contribution in [0.15, 0.2) is 18.3 Å². The smallest absolute Gasteiger partial charge is 0.0841 e. The zero-order chi connectivity index (χ0) is 13.2. The molecular weight excluding hydrogens is 254 g/mol. The Bertz CT molecular complexity index is 534. The van der Waals surface area contributed by atoms with E-state index in [0.717, 1.165) is 13.1 Å². The molecule has 3 rings (SSSR count). The molecule has 102 valence electrons. The van der Waals surface area contributed by atoms with Crippen LogP contribution in [0, 0.1) is 0 Å². The van der Waals surface area contributed by atoms with Gasteiger partial charge in [-0.1, -0.05) is 6.92 Å². The zero-order valence-corrected chi connectivity index (χ0v) is 12.5. The number of nitrogens with one attached hydrogen (secondary N) is 1. The molecule has 0 spiro atoms. The van der Waals surface area contributed by atoms with Gasteiger partial charge in [0.05, 0.1) is 11.7 Å². The lowest BCUT2D eigenvalue weighted by Crippen LogP contribution is -2.24. The summed E-state index contributed by atoms with van der Waals surface area (Å²) in [7, 11) is 0. The highest BCUT2D eigenvalue weighted by molar-refractivity contribution is 7.12. The van der Waals surface area contributed by atoms with E-state index in [2.05, 4.69) is 41.1 Å². The molecule has 1 aliphatic carbocycles. The van der Waals surface area contributed by atoms with Crippen molar-refractivity contribution in [2.24, 2.45) is 0 Å². The summed E-state index contributed by atoms with van der Waals surface area (Å²) in [5.74, 6) is 0. The van der Waals surface area contributed by atoms with Gasteiger partial charge in [0.2, 0.25) is 0 Å². The van der Waals surface area contributed by atoms with Gasteiger partial charge >= 0.3 is 0 Å². The van der Waals surface area contributed by atoms with Crippen LogP contribution in [0.25, 0.3) is 0 Å². The van der Waals surface area contributed by atoms with Crippen molar-refractivity contribution in [1.29, 1.82) is 0 Å². The number of rotatable bonds is 5. The maximum absolute atomic E-state index is 4.41. The summed E-state index contributed by atoms with van der Waals surface area (Å²) in [6.45, 7) is 6.21. The Labute approximate surface area is 118 Å². The SMILES string of the molecule is CCNC(c1cc2c(s1)CCC2)c1ccnn1CC. The summed E-state index contributed by atoms with van der Waals surface area (Å²) < 4.78 is 2.10. The third-order valence-electron chi connectivity index (χ3n) is 3.80. The summed E-state index contributed by atoms with van der Waals surface area (Å²) in [6.07, 6.45) is 5.77. The molecule has 0 fully saturated rings. The number of nitrogens with zero attached hydrogens (tertiary/aromatic N) is 2. The number of aromatic nitrogens is 2. The molecule has 1 N–H and O–H groups in total. The Morgan fingerprint density at radius 3 is 3.05 bits per heavy atom. The standard InChI is InChI=1S/C15H21N3S/c1-3-16-15(12-8-9-17-18(12)4-2)14-10-11-6-5-7-13(11)19-14/h8-10,15-16H,3-7H2,1-2H3. The number of aryl methyl sites for hydroxylation is 3. The van der Waals surface area contributed by atoms with Gasteiger partial charge in [-0.3, -0.25) is 4.68 Å². The average Bonchev–Trinajstić information content (AvgIpc) is 3.10. The molecule has 4 heteroatoms. The average molecular weight is 275 g/mol. The molecule has 0 saturated carbocycles. The van der Waals surface area contributed by atoms with Crippen LogP contribution in [0.4, 0.5) is 0 Å². The molecule has 1 aliphatic rings. The van der Waals surface area contributed by atoms with Gasteiger partial charge in [0.25, 0.3) is 0 Å². The van der Waals surface area contributed by atoms with E-state index in [1.54, 1.807) is 10.4 Å². The first-order valence-electron chi connectivity index (χ1n) is 7.20. The highest BCUT2D eigenvalue weighted by Gasteiger charge is 2.22. The van der Waals surface area contributed by atoms with Crippen LogP contribution >= 0.6 is 11.3 Å². The highest BCUT2D eigenvalue weighted by Crippen LogP contribution is 2.35. The van der Waals surface area contributed by atoms with Crippen LogP contribution in [0.5, 0.6) is 0 Å². The van der Waals surface area contributed by atoms with Gasteiger partial charge in [0.15, 0.2) is 0 Å². The molecule has 2 aromatic heterocycles. The van der Waals surface area contributed by atoms with Crippen LogP contribution in [0.3, 0.4) is 0 Å². The second kappa shape index (κ2) is 5.47. The van der Waals surface area contributed by atoms with Crippen LogP contribution in [0.1, 0.15) is 47.3 Å². The normalized spacial score (nSPS) is 15.7. The molecule has 3 nitrogen and oxygen atoms in total. The lowest BCUT2D eigenvalue weighted by Gasteiger charge is -2.18. The van der Waals surface area contributed by atoms with E-state index in [1.165, 1.54) is 29.8 Å². The van der Waals surface area contributed by atoms with E-state index in [1.807, 2.05) is 17.5 Å². The molecule has 2 heterocycles. The first-order valence-corrected chi connectivity index (χ1v) is 8.01. The first kappa shape index (κ1) is 12.9. The van der Waals surface area contributed by atoms with Crippen molar-refractivity contribution in [3.05, 3.63) is 39.3 Å². The van der Waals surface area contributed by atoms with Crippen molar-refractivity contribution >= 4 is 11.3 Å². The summed E-state index contributed by atoms with van der Waals surface area (Å²) >= 11 is 1.98. The minimum atomic E-state index is 0.294. The van der Waals surface area contributed by atoms with Crippen molar-refractivity contribution in [2.45, 2.75) is 45.7 Å². The lowest BCUT2D eigenvalue weighted by atomic mass is 10.1. The molecule has 1 unspecified atom stereocenters. The van der Waals surface area contributed by atoms with Gasteiger partial charge < -0.3 is 5.32 Å². The molecule has 2 aromatic rings. The summed E-state index contributed by atoms with van der Waals surface area (Å²) in [6, 6.07) is 4.85. The van der Waals surface area contributed by atoms with Gasteiger partial charge in [-0.05, 0) is 50.4 Å². The molecule has 0 radical (unpaired) electrons. The predicted molar refractivity (Wildman–Crippen MR) is 79.8 cm³/mol. The van der Waals surface area contributed by atoms with Gasteiger partial charge in [-0.25, -0.2) is 0 Å². The Morgan fingerprint density at radius 2 is 2.32 bits per heavy atom. The molecule has 0 aromatic carbocycles. The van der Waals surface area contributed by atoms with Crippen molar-refractivity contribution < 1.29 is 0 Å². The second-order valence-electron chi connectivity index (χ2n) is 5.01. The van der Waals surface area contributed by atoms with Gasteiger partial charge in [-0.15, -0.1) is 11.3 Å². The number of hydrogen-bond acceptors (Lipinski definition) is 3. The van der Waals surface area contributed by atoms with Crippen LogP contribution in [-0.2, 0) is 19.4 Å². The number of thiophene rings is 1. The maximum atomic E-state index is 4.41. The van der Waals surface area contributed by atoms with Crippen molar-refractivity contribution in [3.63, 3.8) is 0 Å². The maximum Gasteiger partial charge on any atom is 0.0841 e. The zero-order valence-electron chi connectivity index (χ0n) is 11.6. The Hall–Kier alpha value is -1.13.